The molecule has 0 bridgehead atoms. The molecular weight excluding hydrogens is 300 g/mol. The molecule has 1 aromatic heterocycles. The molecule has 1 fully saturated rings. The summed E-state index contributed by atoms with van der Waals surface area (Å²) < 4.78 is 5.31. The predicted octanol–water partition coefficient (Wildman–Crippen LogP) is 1.75. The van der Waals surface area contributed by atoms with Gasteiger partial charge in [-0.2, -0.15) is 0 Å². The van der Waals surface area contributed by atoms with E-state index in [0.29, 0.717) is 23.4 Å². The molecule has 1 atom stereocenters. The van der Waals surface area contributed by atoms with Gasteiger partial charge in [0.1, 0.15) is 11.0 Å². The zero-order chi connectivity index (χ0) is 15.4. The molecule has 3 rings (SSSR count). The summed E-state index contributed by atoms with van der Waals surface area (Å²) in [6, 6.07) is 9.43. The number of amides is 1. The summed E-state index contributed by atoms with van der Waals surface area (Å²) in [4.78, 5) is 12.5. The molecule has 0 saturated carbocycles. The molecule has 2 aromatic rings. The Morgan fingerprint density at radius 1 is 1.27 bits per heavy atom. The Balaban J connectivity index is 1.81. The summed E-state index contributed by atoms with van der Waals surface area (Å²) in [7, 11) is 0. The van der Waals surface area contributed by atoms with Crippen LogP contribution in [-0.2, 0) is 9.53 Å². The third-order valence-electron chi connectivity index (χ3n) is 3.71. The topological polar surface area (TPSA) is 90.1 Å². The van der Waals surface area contributed by atoms with Gasteiger partial charge in [-0.25, -0.2) is 0 Å². The van der Waals surface area contributed by atoms with Gasteiger partial charge in [0, 0.05) is 19.1 Å². The molecule has 3 N–H and O–H groups in total. The average Bonchev–Trinajstić information content (AvgIpc) is 3.00. The summed E-state index contributed by atoms with van der Waals surface area (Å²) in [5.74, 6) is 0.0242. The lowest BCUT2D eigenvalue weighted by atomic mass is 9.98. The van der Waals surface area contributed by atoms with Crippen LogP contribution >= 0.6 is 11.3 Å². The largest absolute Gasteiger partial charge is 0.381 e. The van der Waals surface area contributed by atoms with Crippen LogP contribution < -0.4 is 11.1 Å². The molecular formula is C15H18N4O2S. The molecule has 0 radical (unpaired) electrons. The number of hydrogen-bond donors (Lipinski definition) is 2. The normalized spacial score (nSPS) is 17.1. The maximum atomic E-state index is 12.5. The number of nitrogen functional groups attached to an aromatic ring is 1. The van der Waals surface area contributed by atoms with Crippen LogP contribution in [0.2, 0.25) is 0 Å². The Hall–Kier alpha value is -1.99. The first kappa shape index (κ1) is 14.9. The molecule has 6 nitrogen and oxygen atoms in total. The van der Waals surface area contributed by atoms with E-state index in [1.54, 1.807) is 0 Å². The van der Waals surface area contributed by atoms with Gasteiger partial charge in [-0.3, -0.25) is 4.79 Å². The van der Waals surface area contributed by atoms with Crippen molar-refractivity contribution >= 4 is 22.4 Å². The van der Waals surface area contributed by atoms with Gasteiger partial charge < -0.3 is 15.8 Å². The number of carbonyl (C=O) groups is 1. The summed E-state index contributed by atoms with van der Waals surface area (Å²) in [6.07, 6.45) is 1.51. The highest BCUT2D eigenvalue weighted by atomic mass is 32.1. The van der Waals surface area contributed by atoms with Crippen LogP contribution in [0.25, 0.3) is 0 Å². The highest BCUT2D eigenvalue weighted by molar-refractivity contribution is 7.15. The number of rotatable bonds is 4. The quantitative estimate of drug-likeness (QED) is 0.896. The number of hydrogen-bond acceptors (Lipinski definition) is 6. The second kappa shape index (κ2) is 6.85. The second-order valence-corrected chi connectivity index (χ2v) is 6.26. The number of carbonyl (C=O) groups excluding carboxylic acids is 1. The lowest BCUT2D eigenvalue weighted by Crippen LogP contribution is -2.37. The highest BCUT2D eigenvalue weighted by Gasteiger charge is 2.26. The fraction of sp³-hybridized carbons (Fsp3) is 0.400. The molecule has 1 aliphatic rings. The average molecular weight is 318 g/mol. The summed E-state index contributed by atoms with van der Waals surface area (Å²) in [6.45, 7) is 1.28. The minimum atomic E-state index is -0.314. The molecule has 2 heterocycles. The van der Waals surface area contributed by atoms with Gasteiger partial charge >= 0.3 is 0 Å². The number of anilines is 1. The number of nitrogens with two attached hydrogens (primary N) is 1. The number of benzene rings is 1. The zero-order valence-corrected chi connectivity index (χ0v) is 12.9. The van der Waals surface area contributed by atoms with Crippen molar-refractivity contribution in [3.63, 3.8) is 0 Å². The van der Waals surface area contributed by atoms with Crippen LogP contribution in [0.1, 0.15) is 29.5 Å². The van der Waals surface area contributed by atoms with Crippen molar-refractivity contribution in [2.45, 2.75) is 18.9 Å². The lowest BCUT2D eigenvalue weighted by Gasteiger charge is -2.24. The SMILES string of the molecule is Nc1nnc([C@@H](NC(=O)C2CCOCC2)c2ccccc2)s1. The van der Waals surface area contributed by atoms with E-state index >= 15 is 0 Å². The van der Waals surface area contributed by atoms with Crippen molar-refractivity contribution < 1.29 is 9.53 Å². The predicted molar refractivity (Wildman–Crippen MR) is 84.3 cm³/mol. The van der Waals surface area contributed by atoms with Gasteiger partial charge in [-0.15, -0.1) is 10.2 Å². The van der Waals surface area contributed by atoms with E-state index in [1.807, 2.05) is 30.3 Å². The number of nitrogens with one attached hydrogen (secondary N) is 1. The highest BCUT2D eigenvalue weighted by Crippen LogP contribution is 2.27. The fourth-order valence-electron chi connectivity index (χ4n) is 2.52. The molecule has 7 heteroatoms. The summed E-state index contributed by atoms with van der Waals surface area (Å²) in [5.41, 5.74) is 6.66. The first-order valence-corrected chi connectivity index (χ1v) is 8.07. The van der Waals surface area contributed by atoms with Gasteiger partial charge in [0.2, 0.25) is 11.0 Å². The van der Waals surface area contributed by atoms with Gasteiger partial charge in [-0.1, -0.05) is 41.7 Å². The molecule has 1 amide bonds. The van der Waals surface area contributed by atoms with Crippen molar-refractivity contribution in [2.24, 2.45) is 5.92 Å². The fourth-order valence-corrected chi connectivity index (χ4v) is 3.21. The Morgan fingerprint density at radius 2 is 2.00 bits per heavy atom. The van der Waals surface area contributed by atoms with E-state index in [1.165, 1.54) is 11.3 Å². The molecule has 22 heavy (non-hydrogen) atoms. The smallest absolute Gasteiger partial charge is 0.224 e. The van der Waals surface area contributed by atoms with Gasteiger partial charge in [0.05, 0.1) is 0 Å². The van der Waals surface area contributed by atoms with Gasteiger partial charge in [0.25, 0.3) is 0 Å². The molecule has 1 aliphatic heterocycles. The zero-order valence-electron chi connectivity index (χ0n) is 12.1. The third kappa shape index (κ3) is 3.42. The second-order valence-electron chi connectivity index (χ2n) is 5.22. The minimum absolute atomic E-state index is 0.00905. The lowest BCUT2D eigenvalue weighted by molar-refractivity contribution is -0.128. The monoisotopic (exact) mass is 318 g/mol. The van der Waals surface area contributed by atoms with E-state index < -0.39 is 0 Å². The minimum Gasteiger partial charge on any atom is -0.381 e. The standard InChI is InChI=1S/C15H18N4O2S/c16-15-19-18-14(22-15)12(10-4-2-1-3-5-10)17-13(20)11-6-8-21-9-7-11/h1-5,11-12H,6-9H2,(H2,16,19)(H,17,20)/t12-/m0/s1. The Labute approximate surface area is 132 Å². The maximum Gasteiger partial charge on any atom is 0.224 e. The van der Waals surface area contributed by atoms with E-state index in [0.717, 1.165) is 18.4 Å². The molecule has 0 unspecified atom stereocenters. The Kier molecular flexibility index (Phi) is 4.65. The first-order chi connectivity index (χ1) is 10.7. The molecule has 1 saturated heterocycles. The molecule has 1 aromatic carbocycles. The van der Waals surface area contributed by atoms with Crippen LogP contribution in [0.3, 0.4) is 0 Å². The van der Waals surface area contributed by atoms with Crippen LogP contribution in [0, 0.1) is 5.92 Å². The van der Waals surface area contributed by atoms with Crippen LogP contribution in [0.4, 0.5) is 5.13 Å². The Bertz CT molecular complexity index is 625. The van der Waals surface area contributed by atoms with E-state index in [2.05, 4.69) is 15.5 Å². The van der Waals surface area contributed by atoms with Crippen molar-refractivity contribution in [1.29, 1.82) is 0 Å². The van der Waals surface area contributed by atoms with Crippen molar-refractivity contribution in [3.8, 4) is 0 Å². The Morgan fingerprint density at radius 3 is 2.64 bits per heavy atom. The molecule has 116 valence electrons. The van der Waals surface area contributed by atoms with Crippen LogP contribution in [-0.4, -0.2) is 29.3 Å². The summed E-state index contributed by atoms with van der Waals surface area (Å²) >= 11 is 1.30. The van der Waals surface area contributed by atoms with E-state index in [-0.39, 0.29) is 17.9 Å². The van der Waals surface area contributed by atoms with E-state index in [4.69, 9.17) is 10.5 Å². The van der Waals surface area contributed by atoms with E-state index in [9.17, 15) is 4.79 Å². The number of nitrogens with zero attached hydrogens (tertiary/aromatic N) is 2. The molecule has 0 spiro atoms. The van der Waals surface area contributed by atoms with Gasteiger partial charge in [-0.05, 0) is 18.4 Å². The van der Waals surface area contributed by atoms with Crippen molar-refractivity contribution in [3.05, 3.63) is 40.9 Å². The third-order valence-corrected chi connectivity index (χ3v) is 4.53. The van der Waals surface area contributed by atoms with Crippen molar-refractivity contribution in [2.75, 3.05) is 18.9 Å². The number of ether oxygens (including phenoxy) is 1. The van der Waals surface area contributed by atoms with Crippen LogP contribution in [0.5, 0.6) is 0 Å². The summed E-state index contributed by atoms with van der Waals surface area (Å²) in [5, 5.41) is 12.1. The molecule has 0 aliphatic carbocycles. The maximum absolute atomic E-state index is 12.5. The first-order valence-electron chi connectivity index (χ1n) is 7.26. The number of aromatic nitrogens is 2. The van der Waals surface area contributed by atoms with Gasteiger partial charge in [0.15, 0.2) is 0 Å². The van der Waals surface area contributed by atoms with Crippen LogP contribution in [0.15, 0.2) is 30.3 Å². The van der Waals surface area contributed by atoms with Crippen molar-refractivity contribution in [1.82, 2.24) is 15.5 Å².